The van der Waals surface area contributed by atoms with Gasteiger partial charge in [-0.15, -0.1) is 0 Å². The quantitative estimate of drug-likeness (QED) is 0.411. The first-order valence-electron chi connectivity index (χ1n) is 9.70. The minimum Gasteiger partial charge on any atom is -0.494 e. The molecule has 0 aliphatic carbocycles. The number of anilines is 3. The summed E-state index contributed by atoms with van der Waals surface area (Å²) in [5.74, 6) is 1.19. The fourth-order valence-electron chi connectivity index (χ4n) is 2.72. The van der Waals surface area contributed by atoms with Crippen LogP contribution in [0.15, 0.2) is 59.5 Å². The summed E-state index contributed by atoms with van der Waals surface area (Å²) in [6, 6.07) is 13.9. The maximum Gasteiger partial charge on any atom is 0.240 e. The molecular weight excluding hydrogens is 421 g/mol. The molecule has 0 atom stereocenters. The molecule has 3 aromatic rings. The summed E-state index contributed by atoms with van der Waals surface area (Å²) in [6.45, 7) is 4.62. The van der Waals surface area contributed by atoms with Crippen molar-refractivity contribution >= 4 is 27.5 Å². The number of benzene rings is 2. The van der Waals surface area contributed by atoms with Gasteiger partial charge in [0.15, 0.2) is 0 Å². The highest BCUT2D eigenvalue weighted by molar-refractivity contribution is 7.89. The van der Waals surface area contributed by atoms with E-state index in [1.165, 1.54) is 24.3 Å². The number of aromatic nitrogens is 2. The fourth-order valence-corrected chi connectivity index (χ4v) is 3.75. The summed E-state index contributed by atoms with van der Waals surface area (Å²) in [5.41, 5.74) is 1.41. The second-order valence-corrected chi connectivity index (χ2v) is 8.35. The summed E-state index contributed by atoms with van der Waals surface area (Å²) >= 11 is 0. The zero-order valence-electron chi connectivity index (χ0n) is 17.2. The molecule has 2 aromatic carbocycles. The summed E-state index contributed by atoms with van der Waals surface area (Å²) in [5, 5.41) is 6.08. The zero-order valence-corrected chi connectivity index (χ0v) is 18.0. The van der Waals surface area contributed by atoms with Gasteiger partial charge in [-0.25, -0.2) is 22.5 Å². The number of sulfonamides is 1. The Kier molecular flexibility index (Phi) is 7.37. The molecule has 0 aliphatic rings. The molecule has 0 unspecified atom stereocenters. The molecule has 10 heteroatoms. The standard InChI is InChI=1S/C21H24FN5O3S/c1-3-30-18-8-10-19(11-9-18)31(28,29)24-13-12-23-21-25-15(2)14-20(27-21)26-17-6-4-16(22)5-7-17/h4-11,14,24H,3,12-13H2,1-2H3,(H2,23,25,26,27). The first-order chi connectivity index (χ1) is 14.9. The van der Waals surface area contributed by atoms with Gasteiger partial charge in [-0.05, 0) is 62.4 Å². The van der Waals surface area contributed by atoms with Crippen LogP contribution in [0.4, 0.5) is 21.8 Å². The lowest BCUT2D eigenvalue weighted by atomic mass is 10.3. The molecule has 0 saturated carbocycles. The Hall–Kier alpha value is -3.24. The molecule has 164 valence electrons. The Morgan fingerprint density at radius 1 is 1.00 bits per heavy atom. The van der Waals surface area contributed by atoms with Gasteiger partial charge in [-0.2, -0.15) is 4.98 Å². The normalized spacial score (nSPS) is 11.2. The van der Waals surface area contributed by atoms with Gasteiger partial charge >= 0.3 is 0 Å². The van der Waals surface area contributed by atoms with Crippen LogP contribution < -0.4 is 20.1 Å². The van der Waals surface area contributed by atoms with Crippen LogP contribution in [0.1, 0.15) is 12.6 Å². The number of aryl methyl sites for hydroxylation is 1. The average Bonchev–Trinajstić information content (AvgIpc) is 2.73. The summed E-state index contributed by atoms with van der Waals surface area (Å²) in [6.07, 6.45) is 0. The lowest BCUT2D eigenvalue weighted by molar-refractivity contribution is 0.340. The SMILES string of the molecule is CCOc1ccc(S(=O)(=O)NCCNc2nc(C)cc(Nc3ccc(F)cc3)n2)cc1. The van der Waals surface area contributed by atoms with Gasteiger partial charge in [0.25, 0.3) is 0 Å². The number of hydrogen-bond donors (Lipinski definition) is 3. The Morgan fingerprint density at radius 2 is 1.71 bits per heavy atom. The van der Waals surface area contributed by atoms with E-state index in [2.05, 4.69) is 25.3 Å². The highest BCUT2D eigenvalue weighted by atomic mass is 32.2. The van der Waals surface area contributed by atoms with Gasteiger partial charge in [0.1, 0.15) is 17.4 Å². The van der Waals surface area contributed by atoms with Crippen LogP contribution in [0.3, 0.4) is 0 Å². The number of hydrogen-bond acceptors (Lipinski definition) is 7. The van der Waals surface area contributed by atoms with E-state index >= 15 is 0 Å². The van der Waals surface area contributed by atoms with Gasteiger partial charge in [0.05, 0.1) is 11.5 Å². The molecule has 0 radical (unpaired) electrons. The van der Waals surface area contributed by atoms with E-state index in [4.69, 9.17) is 4.74 Å². The van der Waals surface area contributed by atoms with E-state index in [-0.39, 0.29) is 23.8 Å². The Morgan fingerprint density at radius 3 is 2.39 bits per heavy atom. The maximum absolute atomic E-state index is 13.1. The largest absolute Gasteiger partial charge is 0.494 e. The minimum atomic E-state index is -3.64. The minimum absolute atomic E-state index is 0.146. The predicted octanol–water partition coefficient (Wildman–Crippen LogP) is 3.46. The van der Waals surface area contributed by atoms with E-state index in [0.717, 1.165) is 5.69 Å². The van der Waals surface area contributed by atoms with E-state index in [0.29, 0.717) is 29.8 Å². The van der Waals surface area contributed by atoms with Crippen molar-refractivity contribution < 1.29 is 17.5 Å². The van der Waals surface area contributed by atoms with Crippen LogP contribution in [0.2, 0.25) is 0 Å². The van der Waals surface area contributed by atoms with Gasteiger partial charge in [0, 0.05) is 30.5 Å². The maximum atomic E-state index is 13.1. The van der Waals surface area contributed by atoms with Crippen molar-refractivity contribution in [2.45, 2.75) is 18.7 Å². The number of ether oxygens (including phenoxy) is 1. The predicted molar refractivity (Wildman–Crippen MR) is 118 cm³/mol. The van der Waals surface area contributed by atoms with Gasteiger partial charge in [0.2, 0.25) is 16.0 Å². The van der Waals surface area contributed by atoms with Crippen molar-refractivity contribution in [3.63, 3.8) is 0 Å². The fraction of sp³-hybridized carbons (Fsp3) is 0.238. The van der Waals surface area contributed by atoms with Crippen molar-refractivity contribution in [1.29, 1.82) is 0 Å². The van der Waals surface area contributed by atoms with Gasteiger partial charge in [-0.1, -0.05) is 0 Å². The van der Waals surface area contributed by atoms with E-state index in [9.17, 15) is 12.8 Å². The highest BCUT2D eigenvalue weighted by Crippen LogP contribution is 2.18. The molecule has 0 bridgehead atoms. The van der Waals surface area contributed by atoms with Crippen LogP contribution in [0.25, 0.3) is 0 Å². The monoisotopic (exact) mass is 445 g/mol. The van der Waals surface area contributed by atoms with Gasteiger partial charge in [-0.3, -0.25) is 0 Å². The number of nitrogens with one attached hydrogen (secondary N) is 3. The summed E-state index contributed by atoms with van der Waals surface area (Å²) < 4.78 is 45.7. The lowest BCUT2D eigenvalue weighted by Gasteiger charge is -2.11. The molecule has 1 heterocycles. The molecule has 3 N–H and O–H groups in total. The Labute approximate surface area is 180 Å². The second kappa shape index (κ2) is 10.2. The first kappa shape index (κ1) is 22.4. The molecule has 0 fully saturated rings. The molecule has 0 amide bonds. The molecule has 8 nitrogen and oxygen atoms in total. The molecule has 0 spiro atoms. The number of rotatable bonds is 10. The van der Waals surface area contributed by atoms with Crippen LogP contribution in [-0.4, -0.2) is 38.1 Å². The number of nitrogens with zero attached hydrogens (tertiary/aromatic N) is 2. The summed E-state index contributed by atoms with van der Waals surface area (Å²) in [4.78, 5) is 8.81. The third kappa shape index (κ3) is 6.63. The van der Waals surface area contributed by atoms with E-state index in [1.54, 1.807) is 30.3 Å². The van der Waals surface area contributed by atoms with Crippen molar-refractivity contribution in [1.82, 2.24) is 14.7 Å². The Bertz CT molecular complexity index is 1110. The van der Waals surface area contributed by atoms with Crippen LogP contribution >= 0.6 is 0 Å². The van der Waals surface area contributed by atoms with Crippen LogP contribution in [0, 0.1) is 12.7 Å². The molecule has 0 saturated heterocycles. The third-order valence-electron chi connectivity index (χ3n) is 4.12. The topological polar surface area (TPSA) is 105 Å². The van der Waals surface area contributed by atoms with E-state index in [1.807, 2.05) is 13.8 Å². The van der Waals surface area contributed by atoms with E-state index < -0.39 is 10.0 Å². The lowest BCUT2D eigenvalue weighted by Crippen LogP contribution is -2.29. The second-order valence-electron chi connectivity index (χ2n) is 6.58. The molecule has 31 heavy (non-hydrogen) atoms. The Balaban J connectivity index is 1.55. The average molecular weight is 446 g/mol. The summed E-state index contributed by atoms with van der Waals surface area (Å²) in [7, 11) is -3.64. The van der Waals surface area contributed by atoms with Crippen molar-refractivity contribution in [3.05, 3.63) is 66.1 Å². The van der Waals surface area contributed by atoms with Crippen molar-refractivity contribution in [3.8, 4) is 5.75 Å². The smallest absolute Gasteiger partial charge is 0.240 e. The molecular formula is C21H24FN5O3S. The molecule has 1 aromatic heterocycles. The molecule has 3 rings (SSSR count). The number of halogens is 1. The first-order valence-corrected chi connectivity index (χ1v) is 11.2. The molecule has 0 aliphatic heterocycles. The zero-order chi connectivity index (χ0) is 22.3. The van der Waals surface area contributed by atoms with Crippen LogP contribution in [-0.2, 0) is 10.0 Å². The van der Waals surface area contributed by atoms with Crippen molar-refractivity contribution in [2.75, 3.05) is 30.3 Å². The van der Waals surface area contributed by atoms with Crippen LogP contribution in [0.5, 0.6) is 5.75 Å². The van der Waals surface area contributed by atoms with Crippen molar-refractivity contribution in [2.24, 2.45) is 0 Å². The third-order valence-corrected chi connectivity index (χ3v) is 5.59. The van der Waals surface area contributed by atoms with Gasteiger partial charge < -0.3 is 15.4 Å². The highest BCUT2D eigenvalue weighted by Gasteiger charge is 2.13.